The lowest BCUT2D eigenvalue weighted by Crippen LogP contribution is -2.28. The van der Waals surface area contributed by atoms with Crippen LogP contribution in [0.5, 0.6) is 0 Å². The molecule has 2 rings (SSSR count). The Balaban J connectivity index is 2.30. The van der Waals surface area contributed by atoms with E-state index in [1.165, 1.54) is 6.33 Å². The van der Waals surface area contributed by atoms with E-state index in [-0.39, 0.29) is 0 Å². The summed E-state index contributed by atoms with van der Waals surface area (Å²) in [6, 6.07) is 0.201. The number of carbonyl (C=O) groups is 1. The van der Waals surface area contributed by atoms with Crippen LogP contribution in [-0.2, 0) is 0 Å². The summed E-state index contributed by atoms with van der Waals surface area (Å²) in [5.74, 6) is -3.36. The van der Waals surface area contributed by atoms with Gasteiger partial charge in [-0.25, -0.2) is 13.8 Å². The molecule has 1 aromatic carbocycles. The highest BCUT2D eigenvalue weighted by molar-refractivity contribution is 5.98. The summed E-state index contributed by atoms with van der Waals surface area (Å²) in [5, 5.41) is 19.3. The molecule has 8 nitrogen and oxygen atoms in total. The van der Waals surface area contributed by atoms with Gasteiger partial charge < -0.3 is 5.32 Å². The zero-order chi connectivity index (χ0) is 15.6. The lowest BCUT2D eigenvalue weighted by Gasteiger charge is -2.11. The fourth-order valence-corrected chi connectivity index (χ4v) is 1.64. The summed E-state index contributed by atoms with van der Waals surface area (Å²) in [5.41, 5.74) is -1.40. The van der Waals surface area contributed by atoms with Crippen molar-refractivity contribution in [2.24, 2.45) is 0 Å². The van der Waals surface area contributed by atoms with Gasteiger partial charge in [-0.1, -0.05) is 0 Å². The monoisotopic (exact) mass is 297 g/mol. The first-order valence-corrected chi connectivity index (χ1v) is 5.69. The molecule has 0 radical (unpaired) electrons. The minimum atomic E-state index is -1.40. The summed E-state index contributed by atoms with van der Waals surface area (Å²) in [6.07, 6.45) is 1.22. The summed E-state index contributed by atoms with van der Waals surface area (Å²) in [7, 11) is 0. The van der Waals surface area contributed by atoms with Crippen LogP contribution in [0.2, 0.25) is 0 Å². The van der Waals surface area contributed by atoms with Gasteiger partial charge in [0.2, 0.25) is 0 Å². The maximum atomic E-state index is 13.2. The molecule has 0 aliphatic carbocycles. The maximum absolute atomic E-state index is 13.2. The number of nitrogens with one attached hydrogen (secondary N) is 2. The second-order valence-corrected chi connectivity index (χ2v) is 4.11. The number of nitrogens with zero attached hydrogens (tertiary/aromatic N) is 3. The molecule has 21 heavy (non-hydrogen) atoms. The summed E-state index contributed by atoms with van der Waals surface area (Å²) in [4.78, 5) is 25.6. The van der Waals surface area contributed by atoms with Crippen molar-refractivity contribution in [3.8, 4) is 0 Å². The number of benzene rings is 1. The third-order valence-electron chi connectivity index (χ3n) is 2.67. The Morgan fingerprint density at radius 3 is 2.67 bits per heavy atom. The van der Waals surface area contributed by atoms with Crippen molar-refractivity contribution in [3.63, 3.8) is 0 Å². The number of aromatic nitrogens is 3. The van der Waals surface area contributed by atoms with Gasteiger partial charge in [0.1, 0.15) is 17.7 Å². The largest absolute Gasteiger partial charge is 0.342 e. The molecule has 0 aliphatic heterocycles. The average Bonchev–Trinajstić information content (AvgIpc) is 2.95. The highest BCUT2D eigenvalue weighted by Gasteiger charge is 2.25. The molecule has 1 atom stereocenters. The second-order valence-electron chi connectivity index (χ2n) is 4.11. The predicted molar refractivity (Wildman–Crippen MR) is 65.3 cm³/mol. The Labute approximate surface area is 116 Å². The molecular weight excluding hydrogens is 288 g/mol. The summed E-state index contributed by atoms with van der Waals surface area (Å²) >= 11 is 0. The van der Waals surface area contributed by atoms with Gasteiger partial charge in [0, 0.05) is 0 Å². The van der Waals surface area contributed by atoms with Gasteiger partial charge in [-0.2, -0.15) is 5.10 Å². The number of amides is 1. The minimum absolute atomic E-state index is 0.314. The van der Waals surface area contributed by atoms with Gasteiger partial charge in [-0.3, -0.25) is 20.0 Å². The number of carbonyl (C=O) groups excluding carboxylic acids is 1. The van der Waals surface area contributed by atoms with Crippen LogP contribution in [0, 0.1) is 21.7 Å². The quantitative estimate of drug-likeness (QED) is 0.655. The predicted octanol–water partition coefficient (Wildman–Crippen LogP) is 1.48. The zero-order valence-corrected chi connectivity index (χ0v) is 10.6. The molecule has 0 saturated carbocycles. The molecule has 2 aromatic rings. The fourth-order valence-electron chi connectivity index (χ4n) is 1.64. The van der Waals surface area contributed by atoms with Crippen molar-refractivity contribution in [2.75, 3.05) is 0 Å². The molecular formula is C11H9F2N5O3. The molecule has 1 amide bonds. The average molecular weight is 297 g/mol. The number of halogens is 2. The van der Waals surface area contributed by atoms with E-state index >= 15 is 0 Å². The lowest BCUT2D eigenvalue weighted by molar-refractivity contribution is -0.385. The van der Waals surface area contributed by atoms with E-state index in [0.717, 1.165) is 0 Å². The minimum Gasteiger partial charge on any atom is -0.342 e. The van der Waals surface area contributed by atoms with Crippen LogP contribution in [0.4, 0.5) is 14.5 Å². The van der Waals surface area contributed by atoms with E-state index < -0.39 is 39.8 Å². The van der Waals surface area contributed by atoms with Crippen LogP contribution in [0.3, 0.4) is 0 Å². The third kappa shape index (κ3) is 2.99. The molecule has 0 spiro atoms. The van der Waals surface area contributed by atoms with Gasteiger partial charge in [0.05, 0.1) is 17.0 Å². The van der Waals surface area contributed by atoms with Crippen LogP contribution >= 0.6 is 0 Å². The van der Waals surface area contributed by atoms with E-state index in [1.54, 1.807) is 6.92 Å². The van der Waals surface area contributed by atoms with Gasteiger partial charge in [0.25, 0.3) is 11.6 Å². The number of nitro benzene ring substituents is 1. The zero-order valence-electron chi connectivity index (χ0n) is 10.6. The highest BCUT2D eigenvalue weighted by Crippen LogP contribution is 2.23. The van der Waals surface area contributed by atoms with Crippen LogP contribution < -0.4 is 5.32 Å². The Kier molecular flexibility index (Phi) is 3.87. The van der Waals surface area contributed by atoms with E-state index in [9.17, 15) is 23.7 Å². The Morgan fingerprint density at radius 2 is 2.10 bits per heavy atom. The van der Waals surface area contributed by atoms with Gasteiger partial charge in [-0.05, 0) is 13.0 Å². The highest BCUT2D eigenvalue weighted by atomic mass is 19.2. The first kappa shape index (κ1) is 14.5. The van der Waals surface area contributed by atoms with Gasteiger partial charge >= 0.3 is 0 Å². The lowest BCUT2D eigenvalue weighted by atomic mass is 10.1. The first-order valence-electron chi connectivity index (χ1n) is 5.69. The van der Waals surface area contributed by atoms with Gasteiger partial charge in [-0.15, -0.1) is 0 Å². The van der Waals surface area contributed by atoms with Crippen molar-refractivity contribution in [3.05, 3.63) is 51.6 Å². The summed E-state index contributed by atoms with van der Waals surface area (Å²) in [6.45, 7) is 1.55. The first-order chi connectivity index (χ1) is 9.90. The number of hydrogen-bond acceptors (Lipinski definition) is 5. The molecule has 110 valence electrons. The number of aromatic amines is 1. The third-order valence-corrected chi connectivity index (χ3v) is 2.67. The van der Waals surface area contributed by atoms with Crippen molar-refractivity contribution in [1.29, 1.82) is 0 Å². The molecule has 2 N–H and O–H groups in total. The Morgan fingerprint density at radius 1 is 1.43 bits per heavy atom. The van der Waals surface area contributed by atoms with E-state index in [0.29, 0.717) is 18.0 Å². The SMILES string of the molecule is CC(NC(=O)c1cc(F)c(F)cc1[N+](=O)[O-])c1ncn[nH]1. The van der Waals surface area contributed by atoms with Crippen molar-refractivity contribution in [2.45, 2.75) is 13.0 Å². The molecule has 1 unspecified atom stereocenters. The number of rotatable bonds is 4. The van der Waals surface area contributed by atoms with E-state index in [4.69, 9.17) is 0 Å². The molecule has 1 heterocycles. The normalized spacial score (nSPS) is 12.0. The Bertz CT molecular complexity index is 689. The molecule has 0 fully saturated rings. The molecule has 0 bridgehead atoms. The molecule has 0 saturated heterocycles. The molecule has 10 heteroatoms. The van der Waals surface area contributed by atoms with Crippen LogP contribution in [0.1, 0.15) is 29.1 Å². The maximum Gasteiger partial charge on any atom is 0.285 e. The fraction of sp³-hybridized carbons (Fsp3) is 0.182. The van der Waals surface area contributed by atoms with E-state index in [2.05, 4.69) is 20.5 Å². The van der Waals surface area contributed by atoms with Crippen molar-refractivity contribution < 1.29 is 18.5 Å². The molecule has 1 aromatic heterocycles. The van der Waals surface area contributed by atoms with E-state index in [1.807, 2.05) is 0 Å². The van der Waals surface area contributed by atoms with Crippen LogP contribution in [0.25, 0.3) is 0 Å². The number of hydrogen-bond donors (Lipinski definition) is 2. The topological polar surface area (TPSA) is 114 Å². The van der Waals surface area contributed by atoms with Crippen LogP contribution in [-0.4, -0.2) is 26.0 Å². The van der Waals surface area contributed by atoms with Gasteiger partial charge in [0.15, 0.2) is 11.6 Å². The van der Waals surface area contributed by atoms with Crippen molar-refractivity contribution >= 4 is 11.6 Å². The second kappa shape index (κ2) is 5.61. The van der Waals surface area contributed by atoms with Crippen LogP contribution in [0.15, 0.2) is 18.5 Å². The van der Waals surface area contributed by atoms with Crippen molar-refractivity contribution in [1.82, 2.24) is 20.5 Å². The smallest absolute Gasteiger partial charge is 0.285 e. The summed E-state index contributed by atoms with van der Waals surface area (Å²) < 4.78 is 26.2. The number of nitro groups is 1. The standard InChI is InChI=1S/C11H9F2N5O3/c1-5(10-14-4-15-17-10)16-11(19)6-2-7(12)8(13)3-9(6)18(20)21/h2-5H,1H3,(H,16,19)(H,14,15,17). The Hall–Kier alpha value is -2.91. The number of H-pyrrole nitrogens is 1. The molecule has 0 aliphatic rings.